The molecule has 2 aromatic carbocycles. The molecule has 4 rings (SSSR count). The van der Waals surface area contributed by atoms with Crippen molar-refractivity contribution in [3.63, 3.8) is 0 Å². The van der Waals surface area contributed by atoms with Crippen LogP contribution in [0, 0.1) is 0 Å². The summed E-state index contributed by atoms with van der Waals surface area (Å²) in [6.07, 6.45) is 8.02. The monoisotopic (exact) mass is 373 g/mol. The van der Waals surface area contributed by atoms with Gasteiger partial charge < -0.3 is 10.5 Å². The molecule has 5 heteroatoms. The number of aliphatic imine (C=N–C) groups is 1. The summed E-state index contributed by atoms with van der Waals surface area (Å²) in [7, 11) is 1.62. The molecule has 0 fully saturated rings. The van der Waals surface area contributed by atoms with Gasteiger partial charge in [-0.05, 0) is 30.0 Å². The van der Waals surface area contributed by atoms with Crippen LogP contribution in [-0.2, 0) is 16.9 Å². The van der Waals surface area contributed by atoms with Gasteiger partial charge in [0.2, 0.25) is 0 Å². The lowest BCUT2D eigenvalue weighted by Gasteiger charge is -2.29. The number of carbonyl (C=O) groups is 1. The Bertz CT molecular complexity index is 978. The van der Waals surface area contributed by atoms with Gasteiger partial charge in [-0.25, -0.2) is 4.99 Å². The van der Waals surface area contributed by atoms with Crippen LogP contribution >= 0.6 is 0 Å². The Kier molecular flexibility index (Phi) is 4.74. The Morgan fingerprint density at radius 3 is 2.57 bits per heavy atom. The van der Waals surface area contributed by atoms with E-state index in [0.717, 1.165) is 35.3 Å². The number of ether oxygens (including phenoxy) is 1. The van der Waals surface area contributed by atoms with Crippen molar-refractivity contribution in [1.29, 1.82) is 0 Å². The first-order valence-corrected chi connectivity index (χ1v) is 9.38. The summed E-state index contributed by atoms with van der Waals surface area (Å²) in [5, 5.41) is 0. The first-order chi connectivity index (χ1) is 13.7. The molecule has 0 spiro atoms. The molecule has 0 bridgehead atoms. The van der Waals surface area contributed by atoms with E-state index in [2.05, 4.69) is 12.2 Å². The number of amides is 1. The Morgan fingerprint density at radius 2 is 1.86 bits per heavy atom. The highest BCUT2D eigenvalue weighted by Gasteiger charge is 2.51. The van der Waals surface area contributed by atoms with Gasteiger partial charge in [0.05, 0.1) is 13.7 Å². The summed E-state index contributed by atoms with van der Waals surface area (Å²) >= 11 is 0. The zero-order chi connectivity index (χ0) is 19.6. The van der Waals surface area contributed by atoms with E-state index in [1.807, 2.05) is 60.7 Å². The minimum absolute atomic E-state index is 0.139. The van der Waals surface area contributed by atoms with Crippen LogP contribution < -0.4 is 10.5 Å². The molecule has 2 aliphatic rings. The fourth-order valence-electron chi connectivity index (χ4n) is 3.84. The van der Waals surface area contributed by atoms with Crippen molar-refractivity contribution in [2.24, 2.45) is 10.7 Å². The average Bonchev–Trinajstić information content (AvgIpc) is 3.01. The van der Waals surface area contributed by atoms with Gasteiger partial charge >= 0.3 is 0 Å². The van der Waals surface area contributed by atoms with Gasteiger partial charge in [0, 0.05) is 5.56 Å². The van der Waals surface area contributed by atoms with E-state index in [0.29, 0.717) is 6.54 Å². The standard InChI is InChI=1S/C23H23N3O2/c1-28-20-15-9-8-10-17(20)16-26-21(27)23(25-22(26)24,18-11-4-2-5-12-18)19-13-6-3-7-14-19/h2,4-6,8-15H,3,7,16H2,1H3,(H2,24,25). The molecular weight excluding hydrogens is 350 g/mol. The Morgan fingerprint density at radius 1 is 1.11 bits per heavy atom. The Labute approximate surface area is 164 Å². The van der Waals surface area contributed by atoms with Crippen LogP contribution in [0.5, 0.6) is 5.75 Å². The average molecular weight is 373 g/mol. The summed E-state index contributed by atoms with van der Waals surface area (Å²) in [5.74, 6) is 0.802. The SMILES string of the molecule is COc1ccccc1CN1C(=O)C(C2=CCCC=C2)(c2ccccc2)N=C1N. The van der Waals surface area contributed by atoms with Crippen LogP contribution in [0.3, 0.4) is 0 Å². The number of carbonyl (C=O) groups excluding carboxylic acids is 1. The number of nitrogens with zero attached hydrogens (tertiary/aromatic N) is 2. The molecule has 0 radical (unpaired) electrons. The first-order valence-electron chi connectivity index (χ1n) is 9.38. The van der Waals surface area contributed by atoms with Crippen molar-refractivity contribution in [2.75, 3.05) is 7.11 Å². The van der Waals surface area contributed by atoms with Crippen LogP contribution in [0.4, 0.5) is 0 Å². The number of allylic oxidation sites excluding steroid dienone is 2. The predicted octanol–water partition coefficient (Wildman–Crippen LogP) is 3.52. The van der Waals surface area contributed by atoms with E-state index in [9.17, 15) is 4.79 Å². The molecule has 0 saturated heterocycles. The molecule has 1 amide bonds. The van der Waals surface area contributed by atoms with Crippen LogP contribution in [0.2, 0.25) is 0 Å². The number of guanidine groups is 1. The van der Waals surface area contributed by atoms with E-state index < -0.39 is 5.54 Å². The Hall–Kier alpha value is -3.34. The number of nitrogens with two attached hydrogens (primary N) is 1. The van der Waals surface area contributed by atoms with Crippen molar-refractivity contribution in [2.45, 2.75) is 24.9 Å². The van der Waals surface area contributed by atoms with Crippen molar-refractivity contribution < 1.29 is 9.53 Å². The molecule has 28 heavy (non-hydrogen) atoms. The fourth-order valence-corrected chi connectivity index (χ4v) is 3.84. The number of para-hydroxylation sites is 1. The second-order valence-electron chi connectivity index (χ2n) is 6.89. The maximum atomic E-state index is 13.8. The molecule has 2 N–H and O–H groups in total. The minimum Gasteiger partial charge on any atom is -0.496 e. The number of rotatable bonds is 5. The quantitative estimate of drug-likeness (QED) is 0.872. The molecule has 142 valence electrons. The van der Waals surface area contributed by atoms with Gasteiger partial charge in [-0.3, -0.25) is 9.69 Å². The topological polar surface area (TPSA) is 67.9 Å². The lowest BCUT2D eigenvalue weighted by atomic mass is 9.80. The molecule has 1 aliphatic heterocycles. The van der Waals surface area contributed by atoms with Gasteiger partial charge in [-0.2, -0.15) is 0 Å². The van der Waals surface area contributed by atoms with E-state index in [-0.39, 0.29) is 11.9 Å². The van der Waals surface area contributed by atoms with Crippen molar-refractivity contribution in [3.8, 4) is 5.75 Å². The van der Waals surface area contributed by atoms with Gasteiger partial charge in [0.25, 0.3) is 5.91 Å². The minimum atomic E-state index is -1.13. The third-order valence-corrected chi connectivity index (χ3v) is 5.24. The van der Waals surface area contributed by atoms with E-state index in [4.69, 9.17) is 15.5 Å². The second kappa shape index (κ2) is 7.35. The number of benzene rings is 2. The van der Waals surface area contributed by atoms with Crippen LogP contribution in [0.25, 0.3) is 0 Å². The van der Waals surface area contributed by atoms with E-state index >= 15 is 0 Å². The highest BCUT2D eigenvalue weighted by molar-refractivity contribution is 6.09. The highest BCUT2D eigenvalue weighted by Crippen LogP contribution is 2.42. The first kappa shape index (κ1) is 18.0. The maximum Gasteiger partial charge on any atom is 0.266 e. The smallest absolute Gasteiger partial charge is 0.266 e. The summed E-state index contributed by atoms with van der Waals surface area (Å²) in [5.41, 5.74) is 7.74. The fraction of sp³-hybridized carbons (Fsp3) is 0.217. The zero-order valence-corrected chi connectivity index (χ0v) is 15.8. The van der Waals surface area contributed by atoms with E-state index in [1.54, 1.807) is 12.0 Å². The summed E-state index contributed by atoms with van der Waals surface area (Å²) in [6.45, 7) is 0.309. The summed E-state index contributed by atoms with van der Waals surface area (Å²) in [4.78, 5) is 20.0. The van der Waals surface area contributed by atoms with Crippen LogP contribution in [0.1, 0.15) is 24.0 Å². The lowest BCUT2D eigenvalue weighted by Crippen LogP contribution is -2.43. The number of hydrogen-bond donors (Lipinski definition) is 1. The predicted molar refractivity (Wildman–Crippen MR) is 110 cm³/mol. The van der Waals surface area contributed by atoms with Crippen LogP contribution in [0.15, 0.2) is 83.4 Å². The molecule has 1 unspecified atom stereocenters. The van der Waals surface area contributed by atoms with Crippen molar-refractivity contribution in [3.05, 3.63) is 89.5 Å². The van der Waals surface area contributed by atoms with Crippen LogP contribution in [-0.4, -0.2) is 23.9 Å². The number of hydrogen-bond acceptors (Lipinski definition) is 4. The summed E-state index contributed by atoms with van der Waals surface area (Å²) < 4.78 is 5.44. The lowest BCUT2D eigenvalue weighted by molar-refractivity contribution is -0.130. The Balaban J connectivity index is 1.78. The summed E-state index contributed by atoms with van der Waals surface area (Å²) in [6, 6.07) is 17.3. The molecule has 0 saturated carbocycles. The van der Waals surface area contributed by atoms with Gasteiger partial charge in [-0.1, -0.05) is 66.8 Å². The van der Waals surface area contributed by atoms with Crippen molar-refractivity contribution >= 4 is 11.9 Å². The van der Waals surface area contributed by atoms with E-state index in [1.165, 1.54) is 0 Å². The molecule has 1 aliphatic carbocycles. The molecule has 5 nitrogen and oxygen atoms in total. The largest absolute Gasteiger partial charge is 0.496 e. The van der Waals surface area contributed by atoms with Crippen molar-refractivity contribution in [1.82, 2.24) is 4.90 Å². The zero-order valence-electron chi connectivity index (χ0n) is 15.8. The van der Waals surface area contributed by atoms with Gasteiger partial charge in [0.15, 0.2) is 11.5 Å². The molecule has 2 aromatic rings. The molecule has 1 heterocycles. The number of methoxy groups -OCH3 is 1. The third-order valence-electron chi connectivity index (χ3n) is 5.24. The van der Waals surface area contributed by atoms with Gasteiger partial charge in [-0.15, -0.1) is 0 Å². The normalized spacial score (nSPS) is 21.5. The molecular formula is C23H23N3O2. The van der Waals surface area contributed by atoms with Gasteiger partial charge in [0.1, 0.15) is 5.75 Å². The third kappa shape index (κ3) is 2.89. The molecule has 1 atom stereocenters. The molecule has 0 aromatic heterocycles. The maximum absolute atomic E-state index is 13.8. The second-order valence-corrected chi connectivity index (χ2v) is 6.89. The highest BCUT2D eigenvalue weighted by atomic mass is 16.5.